The second-order valence-electron chi connectivity index (χ2n) is 4.84. The van der Waals surface area contributed by atoms with E-state index < -0.39 is 16.0 Å². The van der Waals surface area contributed by atoms with Crippen LogP contribution in [0.2, 0.25) is 0 Å². The van der Waals surface area contributed by atoms with Gasteiger partial charge in [-0.3, -0.25) is 9.59 Å². The molecule has 0 saturated carbocycles. The van der Waals surface area contributed by atoms with Crippen LogP contribution in [0.3, 0.4) is 0 Å². The fraction of sp³-hybridized carbons (Fsp3) is 0.818. The molecule has 0 bridgehead atoms. The Labute approximate surface area is 113 Å². The fourth-order valence-electron chi connectivity index (χ4n) is 2.12. The predicted molar refractivity (Wildman–Crippen MR) is 69.0 cm³/mol. The number of piperidine rings is 1. The molecule has 1 aliphatic heterocycles. The highest BCUT2D eigenvalue weighted by atomic mass is 32.2. The molecule has 0 radical (unpaired) electrons. The minimum atomic E-state index is -3.19. The molecule has 0 aromatic carbocycles. The third-order valence-electron chi connectivity index (χ3n) is 3.31. The summed E-state index contributed by atoms with van der Waals surface area (Å²) in [4.78, 5) is 23.9. The number of carboxylic acid groups (broad SMARTS) is 1. The van der Waals surface area contributed by atoms with Gasteiger partial charge in [0.25, 0.3) is 0 Å². The molecule has 0 atom stereocenters. The summed E-state index contributed by atoms with van der Waals surface area (Å²) in [5.41, 5.74) is 0. The lowest BCUT2D eigenvalue weighted by Crippen LogP contribution is -2.43. The van der Waals surface area contributed by atoms with Crippen LogP contribution in [-0.4, -0.2) is 67.5 Å². The molecule has 0 spiro atoms. The van der Waals surface area contributed by atoms with E-state index in [9.17, 15) is 18.0 Å². The summed E-state index contributed by atoms with van der Waals surface area (Å²) in [5.74, 6) is -1.25. The molecule has 1 saturated heterocycles. The maximum atomic E-state index is 12.0. The van der Waals surface area contributed by atoms with Gasteiger partial charge in [0.2, 0.25) is 15.9 Å². The van der Waals surface area contributed by atoms with Crippen molar-refractivity contribution in [2.45, 2.75) is 19.3 Å². The van der Waals surface area contributed by atoms with E-state index in [1.54, 1.807) is 7.05 Å². The van der Waals surface area contributed by atoms with Crippen molar-refractivity contribution in [3.8, 4) is 0 Å². The Morgan fingerprint density at radius 3 is 2.26 bits per heavy atom. The van der Waals surface area contributed by atoms with Gasteiger partial charge in [0.05, 0.1) is 12.7 Å². The molecule has 7 nitrogen and oxygen atoms in total. The molecule has 1 amide bonds. The van der Waals surface area contributed by atoms with E-state index >= 15 is 0 Å². The van der Waals surface area contributed by atoms with Gasteiger partial charge in [0.15, 0.2) is 0 Å². The Hall–Kier alpha value is -1.15. The third kappa shape index (κ3) is 4.79. The summed E-state index contributed by atoms with van der Waals surface area (Å²) in [6.45, 7) is 0.879. The molecule has 0 aromatic rings. The standard InChI is InChI=1S/C11H20N2O5S/c1-12(6-5-10(14)15)11(16)9-3-7-13(8-4-9)19(2,17)18/h9H,3-8H2,1-2H3,(H,14,15). The van der Waals surface area contributed by atoms with Crippen molar-refractivity contribution in [1.82, 2.24) is 9.21 Å². The van der Waals surface area contributed by atoms with Crippen molar-refractivity contribution in [2.75, 3.05) is 32.9 Å². The third-order valence-corrected chi connectivity index (χ3v) is 4.61. The molecule has 110 valence electrons. The highest BCUT2D eigenvalue weighted by molar-refractivity contribution is 7.88. The van der Waals surface area contributed by atoms with E-state index in [1.807, 2.05) is 0 Å². The molecular formula is C11H20N2O5S. The van der Waals surface area contributed by atoms with E-state index in [2.05, 4.69) is 0 Å². The Morgan fingerprint density at radius 1 is 1.32 bits per heavy atom. The van der Waals surface area contributed by atoms with Crippen LogP contribution in [0, 0.1) is 5.92 Å². The van der Waals surface area contributed by atoms with Gasteiger partial charge in [-0.2, -0.15) is 0 Å². The molecule has 1 rings (SSSR count). The number of hydrogen-bond acceptors (Lipinski definition) is 4. The molecule has 0 aromatic heterocycles. The number of rotatable bonds is 5. The summed E-state index contributed by atoms with van der Waals surface area (Å²) in [5, 5.41) is 8.57. The lowest BCUT2D eigenvalue weighted by atomic mass is 9.96. The molecule has 1 aliphatic rings. The second kappa shape index (κ2) is 6.33. The molecule has 1 N–H and O–H groups in total. The van der Waals surface area contributed by atoms with Crippen LogP contribution in [0.25, 0.3) is 0 Å². The summed E-state index contributed by atoms with van der Waals surface area (Å²) in [6.07, 6.45) is 2.06. The van der Waals surface area contributed by atoms with E-state index in [0.717, 1.165) is 6.26 Å². The van der Waals surface area contributed by atoms with Crippen LogP contribution in [0.15, 0.2) is 0 Å². The van der Waals surface area contributed by atoms with Gasteiger partial charge in [-0.25, -0.2) is 12.7 Å². The molecule has 19 heavy (non-hydrogen) atoms. The monoisotopic (exact) mass is 292 g/mol. The number of carboxylic acids is 1. The first kappa shape index (κ1) is 15.9. The van der Waals surface area contributed by atoms with Crippen molar-refractivity contribution < 1.29 is 23.1 Å². The van der Waals surface area contributed by atoms with Crippen LogP contribution in [0.1, 0.15) is 19.3 Å². The average Bonchev–Trinajstić information content (AvgIpc) is 2.34. The van der Waals surface area contributed by atoms with Gasteiger partial charge in [-0.1, -0.05) is 0 Å². The summed E-state index contributed by atoms with van der Waals surface area (Å²) >= 11 is 0. The van der Waals surface area contributed by atoms with Crippen molar-refractivity contribution in [2.24, 2.45) is 5.92 Å². The first-order valence-corrected chi connectivity index (χ1v) is 7.98. The minimum absolute atomic E-state index is 0.0789. The zero-order chi connectivity index (χ0) is 14.6. The zero-order valence-electron chi connectivity index (χ0n) is 11.2. The summed E-state index contributed by atoms with van der Waals surface area (Å²) in [7, 11) is -1.61. The number of carbonyl (C=O) groups is 2. The van der Waals surface area contributed by atoms with Gasteiger partial charge < -0.3 is 10.0 Å². The summed E-state index contributed by atoms with van der Waals surface area (Å²) in [6, 6.07) is 0. The highest BCUT2D eigenvalue weighted by Gasteiger charge is 2.30. The number of aliphatic carboxylic acids is 1. The molecule has 0 unspecified atom stereocenters. The van der Waals surface area contributed by atoms with Crippen LogP contribution >= 0.6 is 0 Å². The highest BCUT2D eigenvalue weighted by Crippen LogP contribution is 2.20. The van der Waals surface area contributed by atoms with E-state index in [1.165, 1.54) is 9.21 Å². The van der Waals surface area contributed by atoms with Crippen molar-refractivity contribution in [3.63, 3.8) is 0 Å². The number of carbonyl (C=O) groups excluding carboxylic acids is 1. The van der Waals surface area contributed by atoms with Crippen LogP contribution < -0.4 is 0 Å². The van der Waals surface area contributed by atoms with Crippen molar-refractivity contribution in [3.05, 3.63) is 0 Å². The fourth-order valence-corrected chi connectivity index (χ4v) is 2.99. The van der Waals surface area contributed by atoms with Gasteiger partial charge in [0.1, 0.15) is 0 Å². The van der Waals surface area contributed by atoms with E-state index in [0.29, 0.717) is 25.9 Å². The number of amides is 1. The lowest BCUT2D eigenvalue weighted by Gasteiger charge is -2.31. The van der Waals surface area contributed by atoms with E-state index in [4.69, 9.17) is 5.11 Å². The normalized spacial score (nSPS) is 18.2. The Bertz CT molecular complexity index is 440. The SMILES string of the molecule is CN(CCC(=O)O)C(=O)C1CCN(S(C)(=O)=O)CC1. The quantitative estimate of drug-likeness (QED) is 0.743. The zero-order valence-corrected chi connectivity index (χ0v) is 12.0. The van der Waals surface area contributed by atoms with Gasteiger partial charge in [0, 0.05) is 32.6 Å². The smallest absolute Gasteiger partial charge is 0.305 e. The van der Waals surface area contributed by atoms with Crippen molar-refractivity contribution >= 4 is 21.9 Å². The number of hydrogen-bond donors (Lipinski definition) is 1. The Balaban J connectivity index is 2.46. The maximum Gasteiger partial charge on any atom is 0.305 e. The van der Waals surface area contributed by atoms with Gasteiger partial charge in [-0.15, -0.1) is 0 Å². The molecular weight excluding hydrogens is 272 g/mol. The first-order valence-electron chi connectivity index (χ1n) is 6.13. The van der Waals surface area contributed by atoms with Crippen molar-refractivity contribution in [1.29, 1.82) is 0 Å². The first-order chi connectivity index (χ1) is 8.71. The van der Waals surface area contributed by atoms with Crippen LogP contribution in [0.4, 0.5) is 0 Å². The minimum Gasteiger partial charge on any atom is -0.481 e. The van der Waals surface area contributed by atoms with Gasteiger partial charge in [-0.05, 0) is 12.8 Å². The van der Waals surface area contributed by atoms with Crippen LogP contribution in [-0.2, 0) is 19.6 Å². The second-order valence-corrected chi connectivity index (χ2v) is 6.82. The Morgan fingerprint density at radius 2 is 1.84 bits per heavy atom. The largest absolute Gasteiger partial charge is 0.481 e. The topological polar surface area (TPSA) is 95.0 Å². The average molecular weight is 292 g/mol. The van der Waals surface area contributed by atoms with Crippen LogP contribution in [0.5, 0.6) is 0 Å². The molecule has 1 heterocycles. The lowest BCUT2D eigenvalue weighted by molar-refractivity contribution is -0.139. The summed E-state index contributed by atoms with van der Waals surface area (Å²) < 4.78 is 24.0. The number of nitrogens with zero attached hydrogens (tertiary/aromatic N) is 2. The van der Waals surface area contributed by atoms with Gasteiger partial charge >= 0.3 is 5.97 Å². The maximum absolute atomic E-state index is 12.0. The van der Waals surface area contributed by atoms with E-state index in [-0.39, 0.29) is 24.8 Å². The molecule has 0 aliphatic carbocycles. The predicted octanol–water partition coefficient (Wildman–Crippen LogP) is -0.409. The number of sulfonamides is 1. The molecule has 8 heteroatoms. The Kier molecular flexibility index (Phi) is 5.30. The molecule has 1 fully saturated rings.